The van der Waals surface area contributed by atoms with E-state index in [1.165, 1.54) is 6.42 Å². The molecule has 1 saturated carbocycles. The summed E-state index contributed by atoms with van der Waals surface area (Å²) in [6.45, 7) is 3.06. The van der Waals surface area contributed by atoms with Crippen molar-refractivity contribution < 1.29 is 4.74 Å². The van der Waals surface area contributed by atoms with Gasteiger partial charge in [0, 0.05) is 11.9 Å². The number of hydrogen-bond acceptors (Lipinski definition) is 4. The van der Waals surface area contributed by atoms with Gasteiger partial charge in [0.1, 0.15) is 5.54 Å². The first-order valence-electron chi connectivity index (χ1n) is 6.59. The second-order valence-corrected chi connectivity index (χ2v) is 6.65. The molecule has 1 aliphatic heterocycles. The van der Waals surface area contributed by atoms with Crippen LogP contribution in [0.3, 0.4) is 0 Å². The highest BCUT2D eigenvalue weighted by Gasteiger charge is 2.39. The summed E-state index contributed by atoms with van der Waals surface area (Å²) in [6, 6.07) is 2.32. The highest BCUT2D eigenvalue weighted by molar-refractivity contribution is 7.99. The number of ether oxygens (including phenoxy) is 1. The molecule has 96 valence electrons. The summed E-state index contributed by atoms with van der Waals surface area (Å²) in [5.41, 5.74) is 5.59. The second-order valence-electron chi connectivity index (χ2n) is 5.30. The fraction of sp³-hybridized carbons (Fsp3) is 0.923. The fourth-order valence-corrected chi connectivity index (χ4v) is 4.28. The van der Waals surface area contributed by atoms with Crippen LogP contribution in [0.2, 0.25) is 0 Å². The Bertz CT molecular complexity index is 304. The molecule has 4 atom stereocenters. The van der Waals surface area contributed by atoms with E-state index in [4.69, 9.17) is 15.7 Å². The van der Waals surface area contributed by atoms with Gasteiger partial charge in [0.05, 0.1) is 12.2 Å². The Morgan fingerprint density at radius 3 is 3.00 bits per heavy atom. The van der Waals surface area contributed by atoms with Crippen molar-refractivity contribution in [2.45, 2.75) is 55.9 Å². The van der Waals surface area contributed by atoms with Crippen LogP contribution in [-0.4, -0.2) is 29.3 Å². The predicted molar refractivity (Wildman–Crippen MR) is 70.8 cm³/mol. The third-order valence-electron chi connectivity index (χ3n) is 4.18. The first-order valence-corrected chi connectivity index (χ1v) is 7.64. The normalized spacial score (nSPS) is 41.6. The molecular weight excluding hydrogens is 232 g/mol. The molecule has 17 heavy (non-hydrogen) atoms. The van der Waals surface area contributed by atoms with Gasteiger partial charge in [-0.2, -0.15) is 17.0 Å². The molecule has 4 unspecified atom stereocenters. The molecule has 0 aromatic carbocycles. The lowest BCUT2D eigenvalue weighted by Crippen LogP contribution is -2.42. The number of thioether (sulfide) groups is 1. The maximum atomic E-state index is 9.15. The van der Waals surface area contributed by atoms with E-state index in [9.17, 15) is 0 Å². The molecule has 0 aromatic rings. The van der Waals surface area contributed by atoms with E-state index in [-0.39, 0.29) is 0 Å². The minimum Gasteiger partial charge on any atom is -0.377 e. The molecule has 1 aliphatic carbocycles. The van der Waals surface area contributed by atoms with Gasteiger partial charge in [0.2, 0.25) is 0 Å². The molecule has 0 spiro atoms. The molecule has 0 aromatic heterocycles. The van der Waals surface area contributed by atoms with Crippen LogP contribution in [0.25, 0.3) is 0 Å². The van der Waals surface area contributed by atoms with Crippen molar-refractivity contribution >= 4 is 11.8 Å². The maximum absolute atomic E-state index is 9.15. The van der Waals surface area contributed by atoms with Gasteiger partial charge in [-0.3, -0.25) is 0 Å². The maximum Gasteiger partial charge on any atom is 0.107 e. The minimum atomic E-state index is -0.543. The summed E-state index contributed by atoms with van der Waals surface area (Å²) in [4.78, 5) is 0. The summed E-state index contributed by atoms with van der Waals surface area (Å²) in [5.74, 6) is 1.52. The van der Waals surface area contributed by atoms with Crippen molar-refractivity contribution in [2.75, 3.05) is 12.4 Å². The van der Waals surface area contributed by atoms with Crippen molar-refractivity contribution in [3.8, 4) is 6.07 Å². The smallest absolute Gasteiger partial charge is 0.107 e. The first-order chi connectivity index (χ1) is 8.15. The summed E-state index contributed by atoms with van der Waals surface area (Å²) in [7, 11) is 0. The molecule has 2 rings (SSSR count). The Labute approximate surface area is 108 Å². The van der Waals surface area contributed by atoms with Gasteiger partial charge in [0.15, 0.2) is 0 Å². The number of hydrogen-bond donors (Lipinski definition) is 1. The van der Waals surface area contributed by atoms with Gasteiger partial charge in [-0.15, -0.1) is 0 Å². The van der Waals surface area contributed by atoms with E-state index in [0.29, 0.717) is 17.3 Å². The SMILES string of the molecule is CC1OCCC1SCCC1CCCC1(N)C#N. The third kappa shape index (κ3) is 2.96. The lowest BCUT2D eigenvalue weighted by atomic mass is 9.88. The van der Waals surface area contributed by atoms with Crippen LogP contribution in [0.4, 0.5) is 0 Å². The zero-order valence-electron chi connectivity index (χ0n) is 10.5. The fourth-order valence-electron chi connectivity index (χ4n) is 2.94. The first kappa shape index (κ1) is 13.2. The summed E-state index contributed by atoms with van der Waals surface area (Å²) >= 11 is 2.00. The molecule has 1 saturated heterocycles. The van der Waals surface area contributed by atoms with Gasteiger partial charge >= 0.3 is 0 Å². The highest BCUT2D eigenvalue weighted by atomic mass is 32.2. The van der Waals surface area contributed by atoms with Gasteiger partial charge < -0.3 is 10.5 Å². The number of nitrogens with zero attached hydrogens (tertiary/aromatic N) is 1. The van der Waals surface area contributed by atoms with Gasteiger partial charge in [-0.05, 0) is 44.3 Å². The van der Waals surface area contributed by atoms with Crippen molar-refractivity contribution in [1.29, 1.82) is 5.26 Å². The Kier molecular flexibility index (Phi) is 4.35. The molecule has 2 fully saturated rings. The van der Waals surface area contributed by atoms with Crippen LogP contribution in [0, 0.1) is 17.2 Å². The van der Waals surface area contributed by atoms with Gasteiger partial charge in [-0.25, -0.2) is 0 Å². The van der Waals surface area contributed by atoms with Crippen molar-refractivity contribution in [1.82, 2.24) is 0 Å². The van der Waals surface area contributed by atoms with E-state index in [1.807, 2.05) is 11.8 Å². The average Bonchev–Trinajstić information content (AvgIpc) is 2.88. The lowest BCUT2D eigenvalue weighted by Gasteiger charge is -2.24. The molecule has 0 bridgehead atoms. The Morgan fingerprint density at radius 2 is 2.35 bits per heavy atom. The minimum absolute atomic E-state index is 0.391. The second kappa shape index (κ2) is 5.60. The Morgan fingerprint density at radius 1 is 1.53 bits per heavy atom. The van der Waals surface area contributed by atoms with E-state index in [2.05, 4.69) is 13.0 Å². The van der Waals surface area contributed by atoms with E-state index in [1.54, 1.807) is 0 Å². The van der Waals surface area contributed by atoms with Crippen LogP contribution in [0.5, 0.6) is 0 Å². The molecule has 2 N–H and O–H groups in total. The van der Waals surface area contributed by atoms with Crippen LogP contribution >= 0.6 is 11.8 Å². The van der Waals surface area contributed by atoms with Crippen molar-refractivity contribution in [2.24, 2.45) is 11.7 Å². The third-order valence-corrected chi connectivity index (χ3v) is 5.70. The topological polar surface area (TPSA) is 59.0 Å². The summed E-state index contributed by atoms with van der Waals surface area (Å²) < 4.78 is 5.55. The molecule has 2 aliphatic rings. The lowest BCUT2D eigenvalue weighted by molar-refractivity contribution is 0.127. The van der Waals surface area contributed by atoms with Crippen molar-refractivity contribution in [3.63, 3.8) is 0 Å². The predicted octanol–water partition coefficient (Wildman–Crippen LogP) is 2.31. The Balaban J connectivity index is 1.73. The molecule has 1 heterocycles. The van der Waals surface area contributed by atoms with Crippen LogP contribution in [-0.2, 0) is 4.74 Å². The van der Waals surface area contributed by atoms with Crippen LogP contribution < -0.4 is 5.73 Å². The number of nitriles is 1. The molecular formula is C13H22N2OS. The summed E-state index contributed by atoms with van der Waals surface area (Å²) in [6.07, 6.45) is 5.76. The van der Waals surface area contributed by atoms with E-state index < -0.39 is 5.54 Å². The number of rotatable bonds is 4. The number of nitrogens with two attached hydrogens (primary N) is 1. The largest absolute Gasteiger partial charge is 0.377 e. The molecule has 3 nitrogen and oxygen atoms in total. The van der Waals surface area contributed by atoms with E-state index in [0.717, 1.165) is 38.0 Å². The monoisotopic (exact) mass is 254 g/mol. The zero-order chi connectivity index (χ0) is 12.3. The zero-order valence-corrected chi connectivity index (χ0v) is 11.3. The van der Waals surface area contributed by atoms with Crippen LogP contribution in [0.15, 0.2) is 0 Å². The van der Waals surface area contributed by atoms with Crippen LogP contribution in [0.1, 0.15) is 39.0 Å². The molecule has 0 amide bonds. The highest BCUT2D eigenvalue weighted by Crippen LogP contribution is 2.37. The quantitative estimate of drug-likeness (QED) is 0.836. The summed E-state index contributed by atoms with van der Waals surface area (Å²) in [5, 5.41) is 9.79. The molecule has 0 radical (unpaired) electrons. The van der Waals surface area contributed by atoms with Crippen molar-refractivity contribution in [3.05, 3.63) is 0 Å². The average molecular weight is 254 g/mol. The van der Waals surface area contributed by atoms with Gasteiger partial charge in [0.25, 0.3) is 0 Å². The van der Waals surface area contributed by atoms with Gasteiger partial charge in [-0.1, -0.05) is 6.42 Å². The Hall–Kier alpha value is -0.240. The standard InChI is InChI=1S/C13H22N2OS/c1-10-12(4-7-16-10)17-8-5-11-3-2-6-13(11,15)9-14/h10-12H,2-8,15H2,1H3. The van der Waals surface area contributed by atoms with E-state index >= 15 is 0 Å². The molecule has 4 heteroatoms.